The predicted octanol–water partition coefficient (Wildman–Crippen LogP) is 3.40. The van der Waals surface area contributed by atoms with Crippen LogP contribution in [0, 0.1) is 0 Å². The van der Waals surface area contributed by atoms with Crippen LogP contribution >= 0.6 is 0 Å². The van der Waals surface area contributed by atoms with Gasteiger partial charge in [-0.1, -0.05) is 6.92 Å². The predicted molar refractivity (Wildman–Crippen MR) is 102 cm³/mol. The SMILES string of the molecule is CCC(=O)Oc1c(OC)ccc2cc3[n+](cc12)CCc1cc2c(cc1-3)OCO2. The fourth-order valence-corrected chi connectivity index (χ4v) is 3.85. The van der Waals surface area contributed by atoms with Crippen molar-refractivity contribution >= 4 is 16.7 Å². The largest absolute Gasteiger partial charge is 0.493 e. The lowest BCUT2D eigenvalue weighted by molar-refractivity contribution is -0.686. The summed E-state index contributed by atoms with van der Waals surface area (Å²) in [6, 6.07) is 10.1. The molecule has 0 spiro atoms. The molecule has 2 aliphatic heterocycles. The normalized spacial score (nSPS) is 13.8. The van der Waals surface area contributed by atoms with Crippen LogP contribution in [0.25, 0.3) is 22.0 Å². The van der Waals surface area contributed by atoms with Gasteiger partial charge in [0.1, 0.15) is 0 Å². The van der Waals surface area contributed by atoms with Crippen molar-refractivity contribution in [1.29, 1.82) is 0 Å². The molecule has 6 nitrogen and oxygen atoms in total. The average Bonchev–Trinajstić information content (AvgIpc) is 3.18. The number of rotatable bonds is 3. The number of esters is 1. The van der Waals surface area contributed by atoms with Crippen LogP contribution in [0.1, 0.15) is 18.9 Å². The number of carbonyl (C=O) groups is 1. The number of ether oxygens (including phenoxy) is 4. The quantitative estimate of drug-likeness (QED) is 0.397. The van der Waals surface area contributed by atoms with E-state index in [1.165, 1.54) is 5.56 Å². The summed E-state index contributed by atoms with van der Waals surface area (Å²) in [6.45, 7) is 2.87. The van der Waals surface area contributed by atoms with Gasteiger partial charge >= 0.3 is 5.97 Å². The monoisotopic (exact) mass is 378 g/mol. The fourth-order valence-electron chi connectivity index (χ4n) is 3.85. The minimum atomic E-state index is -0.286. The Labute approximate surface area is 162 Å². The van der Waals surface area contributed by atoms with Crippen molar-refractivity contribution in [2.75, 3.05) is 13.9 Å². The number of pyridine rings is 1. The number of aryl methyl sites for hydroxylation is 2. The van der Waals surface area contributed by atoms with E-state index >= 15 is 0 Å². The fraction of sp³-hybridized carbons (Fsp3) is 0.273. The van der Waals surface area contributed by atoms with Crippen molar-refractivity contribution in [2.45, 2.75) is 26.3 Å². The summed E-state index contributed by atoms with van der Waals surface area (Å²) < 4.78 is 24.3. The van der Waals surface area contributed by atoms with Crippen molar-refractivity contribution in [2.24, 2.45) is 0 Å². The third-order valence-corrected chi connectivity index (χ3v) is 5.30. The number of hydrogen-bond acceptors (Lipinski definition) is 5. The Kier molecular flexibility index (Phi) is 3.86. The number of methoxy groups -OCH3 is 1. The van der Waals surface area contributed by atoms with E-state index in [-0.39, 0.29) is 12.8 Å². The zero-order chi connectivity index (χ0) is 19.3. The maximum Gasteiger partial charge on any atom is 0.311 e. The van der Waals surface area contributed by atoms with Crippen LogP contribution in [0.5, 0.6) is 23.0 Å². The van der Waals surface area contributed by atoms with Gasteiger partial charge in [0.15, 0.2) is 35.7 Å². The number of carbonyl (C=O) groups excluding carboxylic acids is 1. The molecule has 0 atom stereocenters. The molecule has 0 radical (unpaired) electrons. The third kappa shape index (κ3) is 2.56. The van der Waals surface area contributed by atoms with E-state index in [9.17, 15) is 4.79 Å². The van der Waals surface area contributed by atoms with E-state index in [1.807, 2.05) is 18.3 Å². The first-order valence-corrected chi connectivity index (χ1v) is 9.35. The minimum Gasteiger partial charge on any atom is -0.493 e. The van der Waals surface area contributed by atoms with Gasteiger partial charge in [-0.15, -0.1) is 0 Å². The summed E-state index contributed by atoms with van der Waals surface area (Å²) in [5, 5.41) is 1.84. The standard InChI is InChI=1S/C22H20NO5/c1-3-21(24)28-22-16-11-23-7-6-14-9-19-20(27-12-26-19)10-15(14)17(23)8-13(16)4-5-18(22)25-2/h4-5,8-11H,3,6-7,12H2,1-2H3/q+1. The summed E-state index contributed by atoms with van der Waals surface area (Å²) in [7, 11) is 1.58. The molecule has 28 heavy (non-hydrogen) atoms. The topological polar surface area (TPSA) is 57.9 Å². The van der Waals surface area contributed by atoms with Gasteiger partial charge < -0.3 is 18.9 Å². The molecule has 3 heterocycles. The summed E-state index contributed by atoms with van der Waals surface area (Å²) in [6.07, 6.45) is 3.24. The maximum absolute atomic E-state index is 11.9. The Bertz CT molecular complexity index is 1120. The first kappa shape index (κ1) is 16.9. The number of aromatic nitrogens is 1. The maximum atomic E-state index is 11.9. The highest BCUT2D eigenvalue weighted by Gasteiger charge is 2.28. The van der Waals surface area contributed by atoms with Gasteiger partial charge in [0.25, 0.3) is 0 Å². The minimum absolute atomic E-state index is 0.266. The van der Waals surface area contributed by atoms with E-state index in [0.717, 1.165) is 46.5 Å². The first-order valence-electron chi connectivity index (χ1n) is 9.35. The summed E-state index contributed by atoms with van der Waals surface area (Å²) in [5.74, 6) is 2.32. The lowest BCUT2D eigenvalue weighted by Gasteiger charge is -2.17. The molecule has 0 unspecified atom stereocenters. The molecule has 0 aliphatic carbocycles. The Morgan fingerprint density at radius 3 is 2.79 bits per heavy atom. The van der Waals surface area contributed by atoms with E-state index in [2.05, 4.69) is 22.8 Å². The van der Waals surface area contributed by atoms with Crippen molar-refractivity contribution in [3.63, 3.8) is 0 Å². The molecule has 5 rings (SSSR count). The molecule has 142 valence electrons. The lowest BCUT2D eigenvalue weighted by atomic mass is 9.95. The molecule has 0 saturated heterocycles. The van der Waals surface area contributed by atoms with Crippen molar-refractivity contribution in [1.82, 2.24) is 0 Å². The Hall–Kier alpha value is -3.28. The number of benzene rings is 2. The molecule has 0 amide bonds. The molecule has 6 heteroatoms. The molecule has 0 bridgehead atoms. The van der Waals surface area contributed by atoms with Crippen molar-refractivity contribution < 1.29 is 28.3 Å². The lowest BCUT2D eigenvalue weighted by Crippen LogP contribution is -2.40. The van der Waals surface area contributed by atoms with Gasteiger partial charge in [-0.05, 0) is 35.2 Å². The van der Waals surface area contributed by atoms with E-state index in [0.29, 0.717) is 17.9 Å². The average molecular weight is 378 g/mol. The second kappa shape index (κ2) is 6.41. The van der Waals surface area contributed by atoms with Crippen LogP contribution in [-0.4, -0.2) is 19.9 Å². The number of hydrogen-bond donors (Lipinski definition) is 0. The summed E-state index contributed by atoms with van der Waals surface area (Å²) >= 11 is 0. The Morgan fingerprint density at radius 1 is 1.18 bits per heavy atom. The van der Waals surface area contributed by atoms with Crippen molar-refractivity contribution in [3.05, 3.63) is 42.1 Å². The summed E-state index contributed by atoms with van der Waals surface area (Å²) in [4.78, 5) is 11.9. The van der Waals surface area contributed by atoms with E-state index in [1.54, 1.807) is 14.0 Å². The van der Waals surface area contributed by atoms with Gasteiger partial charge in [0.05, 0.1) is 18.1 Å². The second-order valence-electron chi connectivity index (χ2n) is 6.89. The van der Waals surface area contributed by atoms with Gasteiger partial charge in [-0.25, -0.2) is 0 Å². The molecule has 0 fully saturated rings. The third-order valence-electron chi connectivity index (χ3n) is 5.30. The second-order valence-corrected chi connectivity index (χ2v) is 6.89. The highest BCUT2D eigenvalue weighted by Crippen LogP contribution is 2.41. The molecule has 2 aromatic carbocycles. The molecule has 2 aliphatic rings. The van der Waals surface area contributed by atoms with Gasteiger partial charge in [0, 0.05) is 18.9 Å². The van der Waals surface area contributed by atoms with Crippen LogP contribution in [0.4, 0.5) is 0 Å². The Morgan fingerprint density at radius 2 is 2.00 bits per heavy atom. The van der Waals surface area contributed by atoms with Crippen LogP contribution in [0.3, 0.4) is 0 Å². The van der Waals surface area contributed by atoms with Gasteiger partial charge in [-0.3, -0.25) is 4.79 Å². The van der Waals surface area contributed by atoms with Gasteiger partial charge in [0.2, 0.25) is 12.5 Å². The highest BCUT2D eigenvalue weighted by molar-refractivity contribution is 5.93. The smallest absolute Gasteiger partial charge is 0.311 e. The van der Waals surface area contributed by atoms with Crippen LogP contribution in [-0.2, 0) is 17.8 Å². The van der Waals surface area contributed by atoms with Crippen LogP contribution in [0.15, 0.2) is 36.5 Å². The highest BCUT2D eigenvalue weighted by atomic mass is 16.7. The molecule has 1 aromatic heterocycles. The van der Waals surface area contributed by atoms with Gasteiger partial charge in [-0.2, -0.15) is 4.57 Å². The zero-order valence-electron chi connectivity index (χ0n) is 15.8. The molecule has 0 N–H and O–H groups in total. The summed E-state index contributed by atoms with van der Waals surface area (Å²) in [5.41, 5.74) is 3.49. The van der Waals surface area contributed by atoms with E-state index in [4.69, 9.17) is 18.9 Å². The first-order chi connectivity index (χ1) is 13.7. The number of fused-ring (bicyclic) bond motifs is 5. The number of nitrogens with zero attached hydrogens (tertiary/aromatic N) is 1. The zero-order valence-corrected chi connectivity index (χ0v) is 15.8. The van der Waals surface area contributed by atoms with Crippen molar-refractivity contribution in [3.8, 4) is 34.3 Å². The molecular formula is C22H20NO5+. The van der Waals surface area contributed by atoms with Crippen LogP contribution < -0.4 is 23.5 Å². The Balaban J connectivity index is 1.70. The molecule has 3 aromatic rings. The van der Waals surface area contributed by atoms with Crippen LogP contribution in [0.2, 0.25) is 0 Å². The molecule has 0 saturated carbocycles. The van der Waals surface area contributed by atoms with E-state index < -0.39 is 0 Å². The molecular weight excluding hydrogens is 358 g/mol.